The number of benzene rings is 2. The average Bonchev–Trinajstić information content (AvgIpc) is 3.25. The van der Waals surface area contributed by atoms with Gasteiger partial charge < -0.3 is 24.3 Å². The third kappa shape index (κ3) is 4.58. The summed E-state index contributed by atoms with van der Waals surface area (Å²) in [5, 5.41) is 13.3. The van der Waals surface area contributed by atoms with Gasteiger partial charge in [-0.3, -0.25) is 4.79 Å². The Kier molecular flexibility index (Phi) is 6.37. The number of carbonyl (C=O) groups excluding carboxylic acids is 1. The van der Waals surface area contributed by atoms with Crippen molar-refractivity contribution in [3.05, 3.63) is 95.4 Å². The SMILES string of the molecule is COc1ccccc1C(O)CNC(=O)c1ccccc1OCc1cn2cccc(C)c2n1. The Morgan fingerprint density at radius 1 is 1.09 bits per heavy atom. The van der Waals surface area contributed by atoms with Crippen LogP contribution in [0.3, 0.4) is 0 Å². The van der Waals surface area contributed by atoms with Crippen molar-refractivity contribution in [2.45, 2.75) is 19.6 Å². The van der Waals surface area contributed by atoms with E-state index in [1.165, 1.54) is 0 Å². The Bertz CT molecular complexity index is 1230. The molecule has 0 saturated carbocycles. The van der Waals surface area contributed by atoms with E-state index in [1.54, 1.807) is 37.4 Å². The molecule has 0 fully saturated rings. The maximum atomic E-state index is 12.8. The Balaban J connectivity index is 1.43. The van der Waals surface area contributed by atoms with Crippen LogP contribution in [0.5, 0.6) is 11.5 Å². The summed E-state index contributed by atoms with van der Waals surface area (Å²) in [6, 6.07) is 18.2. The molecule has 0 aliphatic heterocycles. The van der Waals surface area contributed by atoms with Gasteiger partial charge >= 0.3 is 0 Å². The molecular weight excluding hydrogens is 406 g/mol. The number of fused-ring (bicyclic) bond motifs is 1. The van der Waals surface area contributed by atoms with Crippen LogP contribution in [0.2, 0.25) is 0 Å². The number of aromatic nitrogens is 2. The summed E-state index contributed by atoms with van der Waals surface area (Å²) in [5.74, 6) is 0.687. The van der Waals surface area contributed by atoms with Gasteiger partial charge in [0.2, 0.25) is 0 Å². The van der Waals surface area contributed by atoms with E-state index in [4.69, 9.17) is 9.47 Å². The molecule has 7 nitrogen and oxygen atoms in total. The number of aryl methyl sites for hydroxylation is 1. The van der Waals surface area contributed by atoms with E-state index >= 15 is 0 Å². The summed E-state index contributed by atoms with van der Waals surface area (Å²) in [4.78, 5) is 17.4. The average molecular weight is 431 g/mol. The van der Waals surface area contributed by atoms with Gasteiger partial charge in [-0.2, -0.15) is 0 Å². The first-order valence-corrected chi connectivity index (χ1v) is 10.3. The van der Waals surface area contributed by atoms with E-state index in [-0.39, 0.29) is 19.1 Å². The molecule has 4 rings (SSSR count). The summed E-state index contributed by atoms with van der Waals surface area (Å²) < 4.78 is 13.2. The molecule has 1 atom stereocenters. The number of amides is 1. The molecule has 1 unspecified atom stereocenters. The van der Waals surface area contributed by atoms with Crippen LogP contribution >= 0.6 is 0 Å². The molecule has 1 amide bonds. The van der Waals surface area contributed by atoms with Gasteiger partial charge in [-0.05, 0) is 36.8 Å². The van der Waals surface area contributed by atoms with Crippen molar-refractivity contribution in [1.82, 2.24) is 14.7 Å². The number of pyridine rings is 1. The van der Waals surface area contributed by atoms with Gasteiger partial charge in [-0.1, -0.05) is 36.4 Å². The van der Waals surface area contributed by atoms with E-state index < -0.39 is 6.10 Å². The molecule has 0 saturated heterocycles. The summed E-state index contributed by atoms with van der Waals surface area (Å²) >= 11 is 0. The van der Waals surface area contributed by atoms with Crippen LogP contribution in [0.25, 0.3) is 5.65 Å². The summed E-state index contributed by atoms with van der Waals surface area (Å²) in [7, 11) is 1.54. The maximum Gasteiger partial charge on any atom is 0.255 e. The molecule has 0 aliphatic carbocycles. The van der Waals surface area contributed by atoms with Crippen molar-refractivity contribution in [1.29, 1.82) is 0 Å². The third-order valence-electron chi connectivity index (χ3n) is 5.19. The van der Waals surface area contributed by atoms with E-state index in [2.05, 4.69) is 10.3 Å². The fourth-order valence-electron chi connectivity index (χ4n) is 3.54. The molecule has 2 aromatic carbocycles. The Hall–Kier alpha value is -3.84. The van der Waals surface area contributed by atoms with Crippen LogP contribution in [-0.4, -0.2) is 34.1 Å². The highest BCUT2D eigenvalue weighted by molar-refractivity contribution is 5.96. The normalized spacial score (nSPS) is 11.8. The molecule has 0 spiro atoms. The van der Waals surface area contributed by atoms with Crippen LogP contribution in [0.4, 0.5) is 0 Å². The first kappa shape index (κ1) is 21.4. The number of aliphatic hydroxyl groups excluding tert-OH is 1. The van der Waals surface area contributed by atoms with Crippen molar-refractivity contribution in [2.24, 2.45) is 0 Å². The number of ether oxygens (including phenoxy) is 2. The molecule has 0 aliphatic rings. The fraction of sp³-hybridized carbons (Fsp3) is 0.200. The molecule has 2 N–H and O–H groups in total. The van der Waals surface area contributed by atoms with Gasteiger partial charge in [-0.25, -0.2) is 4.98 Å². The topological polar surface area (TPSA) is 85.1 Å². The number of para-hydroxylation sites is 2. The Morgan fingerprint density at radius 3 is 2.62 bits per heavy atom. The Morgan fingerprint density at radius 2 is 1.84 bits per heavy atom. The summed E-state index contributed by atoms with van der Waals surface area (Å²) in [6.45, 7) is 2.28. The zero-order valence-corrected chi connectivity index (χ0v) is 18.0. The molecule has 7 heteroatoms. The number of methoxy groups -OCH3 is 1. The van der Waals surface area contributed by atoms with Crippen LogP contribution in [0.15, 0.2) is 73.1 Å². The number of aliphatic hydroxyl groups is 1. The molecule has 2 aromatic heterocycles. The van der Waals surface area contributed by atoms with Crippen molar-refractivity contribution in [3.8, 4) is 11.5 Å². The van der Waals surface area contributed by atoms with Crippen molar-refractivity contribution in [2.75, 3.05) is 13.7 Å². The highest BCUT2D eigenvalue weighted by atomic mass is 16.5. The molecule has 2 heterocycles. The lowest BCUT2D eigenvalue weighted by Gasteiger charge is -2.16. The second-order valence-corrected chi connectivity index (χ2v) is 7.41. The van der Waals surface area contributed by atoms with Gasteiger partial charge in [0.1, 0.15) is 23.8 Å². The first-order valence-electron chi connectivity index (χ1n) is 10.3. The molecular formula is C25H25N3O4. The minimum atomic E-state index is -0.899. The van der Waals surface area contributed by atoms with Crippen molar-refractivity contribution in [3.63, 3.8) is 0 Å². The minimum absolute atomic E-state index is 0.0409. The number of rotatable bonds is 8. The largest absolute Gasteiger partial charge is 0.496 e. The van der Waals surface area contributed by atoms with Gasteiger partial charge in [0.25, 0.3) is 5.91 Å². The second kappa shape index (κ2) is 9.53. The smallest absolute Gasteiger partial charge is 0.255 e. The quantitative estimate of drug-likeness (QED) is 0.444. The Labute approximate surface area is 186 Å². The third-order valence-corrected chi connectivity index (χ3v) is 5.19. The van der Waals surface area contributed by atoms with E-state index in [0.717, 1.165) is 16.9 Å². The molecule has 0 radical (unpaired) electrons. The maximum absolute atomic E-state index is 12.8. The van der Waals surface area contributed by atoms with Crippen molar-refractivity contribution >= 4 is 11.6 Å². The number of carbonyl (C=O) groups is 1. The van der Waals surface area contributed by atoms with Gasteiger partial charge in [0, 0.05) is 24.5 Å². The molecule has 0 bridgehead atoms. The second-order valence-electron chi connectivity index (χ2n) is 7.41. The van der Waals surface area contributed by atoms with E-state index in [0.29, 0.717) is 22.6 Å². The van der Waals surface area contributed by atoms with Crippen LogP contribution in [0, 0.1) is 6.92 Å². The zero-order chi connectivity index (χ0) is 22.5. The van der Waals surface area contributed by atoms with Crippen LogP contribution < -0.4 is 14.8 Å². The monoisotopic (exact) mass is 431 g/mol. The van der Waals surface area contributed by atoms with Gasteiger partial charge in [0.15, 0.2) is 0 Å². The summed E-state index contributed by atoms with van der Waals surface area (Å²) in [5.41, 5.74) is 3.72. The number of hydrogen-bond donors (Lipinski definition) is 2. The number of nitrogens with zero attached hydrogens (tertiary/aromatic N) is 2. The fourth-order valence-corrected chi connectivity index (χ4v) is 3.54. The van der Waals surface area contributed by atoms with Crippen LogP contribution in [0.1, 0.15) is 33.3 Å². The van der Waals surface area contributed by atoms with E-state index in [9.17, 15) is 9.90 Å². The molecule has 164 valence electrons. The number of nitrogens with one attached hydrogen (secondary N) is 1. The van der Waals surface area contributed by atoms with Gasteiger partial charge in [-0.15, -0.1) is 0 Å². The lowest BCUT2D eigenvalue weighted by atomic mass is 10.1. The lowest BCUT2D eigenvalue weighted by Crippen LogP contribution is -2.29. The highest BCUT2D eigenvalue weighted by Crippen LogP contribution is 2.25. The zero-order valence-electron chi connectivity index (χ0n) is 18.0. The first-order chi connectivity index (χ1) is 15.6. The molecule has 32 heavy (non-hydrogen) atoms. The van der Waals surface area contributed by atoms with Gasteiger partial charge in [0.05, 0.1) is 24.5 Å². The lowest BCUT2D eigenvalue weighted by molar-refractivity contribution is 0.0910. The van der Waals surface area contributed by atoms with Crippen LogP contribution in [-0.2, 0) is 6.61 Å². The van der Waals surface area contributed by atoms with Crippen molar-refractivity contribution < 1.29 is 19.4 Å². The standard InChI is InChI=1S/C25H25N3O4/c1-17-8-7-13-28-15-18(27-24(17)28)16-32-23-12-6-4-10-20(23)25(30)26-14-21(29)19-9-3-5-11-22(19)31-2/h3-13,15,21,29H,14,16H2,1-2H3,(H,26,30). The predicted molar refractivity (Wildman–Crippen MR) is 121 cm³/mol. The number of imidazole rings is 1. The highest BCUT2D eigenvalue weighted by Gasteiger charge is 2.17. The summed E-state index contributed by atoms with van der Waals surface area (Å²) in [6.07, 6.45) is 2.95. The predicted octanol–water partition coefficient (Wildman–Crippen LogP) is 3.69. The number of hydrogen-bond acceptors (Lipinski definition) is 5. The molecule has 4 aromatic rings. The van der Waals surface area contributed by atoms with E-state index in [1.807, 2.05) is 54.0 Å². The minimum Gasteiger partial charge on any atom is -0.496 e.